The van der Waals surface area contributed by atoms with E-state index in [1.165, 1.54) is 12.3 Å². The molecular weight excluding hydrogens is 353 g/mol. The molecule has 1 heterocycles. The van der Waals surface area contributed by atoms with Crippen molar-refractivity contribution in [1.29, 1.82) is 0 Å². The molecule has 1 amide bonds. The Morgan fingerprint density at radius 3 is 2.77 bits per heavy atom. The minimum atomic E-state index is -0.287. The van der Waals surface area contributed by atoms with E-state index >= 15 is 0 Å². The third-order valence-electron chi connectivity index (χ3n) is 3.89. The predicted molar refractivity (Wildman–Crippen MR) is 102 cm³/mol. The Morgan fingerprint density at radius 1 is 1.15 bits per heavy atom. The highest BCUT2D eigenvalue weighted by Crippen LogP contribution is 2.21. The number of nitrogens with one attached hydrogen (secondary N) is 2. The van der Waals surface area contributed by atoms with E-state index in [1.54, 1.807) is 42.5 Å². The van der Waals surface area contributed by atoms with Gasteiger partial charge >= 0.3 is 0 Å². The fourth-order valence-corrected chi connectivity index (χ4v) is 2.59. The molecule has 0 aliphatic carbocycles. The van der Waals surface area contributed by atoms with E-state index in [0.29, 0.717) is 27.7 Å². The summed E-state index contributed by atoms with van der Waals surface area (Å²) in [5.74, 6) is -0.0687. The van der Waals surface area contributed by atoms with Gasteiger partial charge in [0.15, 0.2) is 0 Å². The molecule has 0 bridgehead atoms. The molecule has 2 aromatic carbocycles. The Bertz CT molecular complexity index is 946. The molecule has 3 aromatic rings. The number of halogens is 2. The van der Waals surface area contributed by atoms with Crippen molar-refractivity contribution >= 4 is 29.0 Å². The number of amides is 1. The SMILES string of the molecule is Cc1ccc(Cl)cc1NC(=O)c1ccnc(NCc2ccccc2F)c1. The van der Waals surface area contributed by atoms with E-state index in [1.807, 2.05) is 13.0 Å². The van der Waals surface area contributed by atoms with Crippen LogP contribution in [0.4, 0.5) is 15.9 Å². The van der Waals surface area contributed by atoms with Gasteiger partial charge < -0.3 is 10.6 Å². The van der Waals surface area contributed by atoms with Gasteiger partial charge in [-0.25, -0.2) is 9.37 Å². The number of aromatic nitrogens is 1. The lowest BCUT2D eigenvalue weighted by Gasteiger charge is -2.10. The summed E-state index contributed by atoms with van der Waals surface area (Å²) >= 11 is 5.98. The highest BCUT2D eigenvalue weighted by molar-refractivity contribution is 6.31. The molecule has 0 aliphatic heterocycles. The largest absolute Gasteiger partial charge is 0.366 e. The molecule has 0 unspecified atom stereocenters. The lowest BCUT2D eigenvalue weighted by atomic mass is 10.1. The highest BCUT2D eigenvalue weighted by Gasteiger charge is 2.10. The van der Waals surface area contributed by atoms with Gasteiger partial charge in [0, 0.05) is 34.6 Å². The zero-order chi connectivity index (χ0) is 18.5. The Labute approximate surface area is 156 Å². The van der Waals surface area contributed by atoms with Gasteiger partial charge in [-0.3, -0.25) is 4.79 Å². The molecule has 0 atom stereocenters. The zero-order valence-electron chi connectivity index (χ0n) is 14.1. The normalized spacial score (nSPS) is 10.4. The predicted octanol–water partition coefficient (Wildman–Crippen LogP) is 5.05. The first kappa shape index (κ1) is 17.9. The van der Waals surface area contributed by atoms with Crippen LogP contribution in [0.3, 0.4) is 0 Å². The molecule has 132 valence electrons. The van der Waals surface area contributed by atoms with Crippen molar-refractivity contribution in [2.24, 2.45) is 0 Å². The summed E-state index contributed by atoms with van der Waals surface area (Å²) in [6.45, 7) is 2.16. The van der Waals surface area contributed by atoms with E-state index in [4.69, 9.17) is 11.6 Å². The van der Waals surface area contributed by atoms with Gasteiger partial charge in [0.25, 0.3) is 5.91 Å². The van der Waals surface area contributed by atoms with Crippen molar-refractivity contribution in [2.75, 3.05) is 10.6 Å². The third-order valence-corrected chi connectivity index (χ3v) is 4.12. The van der Waals surface area contributed by atoms with Gasteiger partial charge in [-0.2, -0.15) is 0 Å². The van der Waals surface area contributed by atoms with E-state index in [0.717, 1.165) is 5.56 Å². The van der Waals surface area contributed by atoms with Crippen molar-refractivity contribution in [3.05, 3.63) is 88.3 Å². The second kappa shape index (κ2) is 7.97. The van der Waals surface area contributed by atoms with Crippen LogP contribution in [-0.4, -0.2) is 10.9 Å². The second-order valence-electron chi connectivity index (χ2n) is 5.79. The molecule has 0 saturated carbocycles. The summed E-state index contributed by atoms with van der Waals surface area (Å²) in [4.78, 5) is 16.7. The van der Waals surface area contributed by atoms with Gasteiger partial charge in [-0.1, -0.05) is 35.9 Å². The second-order valence-corrected chi connectivity index (χ2v) is 6.22. The summed E-state index contributed by atoms with van der Waals surface area (Å²) in [5.41, 5.74) is 2.53. The Kier molecular flexibility index (Phi) is 5.49. The van der Waals surface area contributed by atoms with Crippen LogP contribution in [0.25, 0.3) is 0 Å². The number of hydrogen-bond acceptors (Lipinski definition) is 3. The van der Waals surface area contributed by atoms with Crippen LogP contribution in [0.2, 0.25) is 5.02 Å². The Balaban J connectivity index is 1.71. The first-order chi connectivity index (χ1) is 12.5. The van der Waals surface area contributed by atoms with Crippen LogP contribution < -0.4 is 10.6 Å². The summed E-state index contributed by atoms with van der Waals surface area (Å²) in [6.07, 6.45) is 1.53. The molecule has 0 radical (unpaired) electrons. The van der Waals surface area contributed by atoms with Crippen molar-refractivity contribution in [2.45, 2.75) is 13.5 Å². The molecule has 1 aromatic heterocycles. The van der Waals surface area contributed by atoms with E-state index in [-0.39, 0.29) is 18.3 Å². The molecular formula is C20H17ClFN3O. The molecule has 4 nitrogen and oxygen atoms in total. The molecule has 2 N–H and O–H groups in total. The van der Waals surface area contributed by atoms with E-state index in [2.05, 4.69) is 15.6 Å². The summed E-state index contributed by atoms with van der Waals surface area (Å²) < 4.78 is 13.7. The fourth-order valence-electron chi connectivity index (χ4n) is 2.42. The molecule has 0 saturated heterocycles. The number of nitrogens with zero attached hydrogens (tertiary/aromatic N) is 1. The number of carbonyl (C=O) groups is 1. The molecule has 6 heteroatoms. The summed E-state index contributed by atoms with van der Waals surface area (Å²) in [5, 5.41) is 6.42. The van der Waals surface area contributed by atoms with Crippen molar-refractivity contribution in [3.63, 3.8) is 0 Å². The quantitative estimate of drug-likeness (QED) is 0.662. The molecule has 0 spiro atoms. The van der Waals surface area contributed by atoms with E-state index in [9.17, 15) is 9.18 Å². The van der Waals surface area contributed by atoms with Gasteiger partial charge in [-0.15, -0.1) is 0 Å². The number of aryl methyl sites for hydroxylation is 1. The maximum atomic E-state index is 13.7. The number of hydrogen-bond donors (Lipinski definition) is 2. The summed E-state index contributed by atoms with van der Waals surface area (Å²) in [7, 11) is 0. The number of anilines is 2. The molecule has 0 aliphatic rings. The lowest BCUT2D eigenvalue weighted by Crippen LogP contribution is -2.13. The van der Waals surface area contributed by atoms with Crippen molar-refractivity contribution < 1.29 is 9.18 Å². The number of carbonyl (C=O) groups excluding carboxylic acids is 1. The average Bonchev–Trinajstić information content (AvgIpc) is 2.64. The van der Waals surface area contributed by atoms with Gasteiger partial charge in [0.1, 0.15) is 11.6 Å². The molecule has 0 fully saturated rings. The molecule has 3 rings (SSSR count). The van der Waals surface area contributed by atoms with E-state index < -0.39 is 0 Å². The lowest BCUT2D eigenvalue weighted by molar-refractivity contribution is 0.102. The van der Waals surface area contributed by atoms with Crippen molar-refractivity contribution in [1.82, 2.24) is 4.98 Å². The number of pyridine rings is 1. The highest BCUT2D eigenvalue weighted by atomic mass is 35.5. The fraction of sp³-hybridized carbons (Fsp3) is 0.100. The van der Waals surface area contributed by atoms with Crippen LogP contribution in [0.15, 0.2) is 60.8 Å². The first-order valence-electron chi connectivity index (χ1n) is 8.04. The van der Waals surface area contributed by atoms with Crippen LogP contribution in [-0.2, 0) is 6.54 Å². The minimum absolute atomic E-state index is 0.272. The maximum Gasteiger partial charge on any atom is 0.255 e. The smallest absolute Gasteiger partial charge is 0.255 e. The average molecular weight is 370 g/mol. The topological polar surface area (TPSA) is 54.0 Å². The van der Waals surface area contributed by atoms with Crippen molar-refractivity contribution in [3.8, 4) is 0 Å². The Hall–Kier alpha value is -2.92. The molecule has 26 heavy (non-hydrogen) atoms. The van der Waals surface area contributed by atoms with Gasteiger partial charge in [0.05, 0.1) is 0 Å². The monoisotopic (exact) mass is 369 g/mol. The number of benzene rings is 2. The van der Waals surface area contributed by atoms with Crippen LogP contribution >= 0.6 is 11.6 Å². The summed E-state index contributed by atoms with van der Waals surface area (Å²) in [6, 6.07) is 15.1. The first-order valence-corrected chi connectivity index (χ1v) is 8.41. The zero-order valence-corrected chi connectivity index (χ0v) is 14.8. The van der Waals surface area contributed by atoms with Crippen LogP contribution in [0, 0.1) is 12.7 Å². The van der Waals surface area contributed by atoms with Crippen LogP contribution in [0.1, 0.15) is 21.5 Å². The third kappa shape index (κ3) is 4.37. The van der Waals surface area contributed by atoms with Crippen LogP contribution in [0.5, 0.6) is 0 Å². The van der Waals surface area contributed by atoms with Gasteiger partial charge in [-0.05, 0) is 42.8 Å². The maximum absolute atomic E-state index is 13.7. The minimum Gasteiger partial charge on any atom is -0.366 e. The number of rotatable bonds is 5. The standard InChI is InChI=1S/C20H17ClFN3O/c1-13-6-7-16(21)11-18(13)25-20(26)14-8-9-23-19(10-14)24-12-15-4-2-3-5-17(15)22/h2-11H,12H2,1H3,(H,23,24)(H,25,26). The Morgan fingerprint density at radius 2 is 1.96 bits per heavy atom. The van der Waals surface area contributed by atoms with Gasteiger partial charge in [0.2, 0.25) is 0 Å².